The SMILES string of the molecule is C=C[C@](F)(c1ccccc1)[C@@H](C)C(CC(=O)OCc1ccccc1)=[N+]1CCCC1. The number of halogens is 1. The van der Waals surface area contributed by atoms with E-state index >= 15 is 4.39 Å². The van der Waals surface area contributed by atoms with Gasteiger partial charge in [-0.3, -0.25) is 4.79 Å². The molecule has 2 aromatic carbocycles. The molecule has 0 amide bonds. The molecule has 1 aliphatic heterocycles. The number of ether oxygens (including phenoxy) is 1. The number of hydrogen-bond donors (Lipinski definition) is 0. The summed E-state index contributed by atoms with van der Waals surface area (Å²) >= 11 is 0. The van der Waals surface area contributed by atoms with E-state index in [-0.39, 0.29) is 19.0 Å². The molecule has 0 spiro atoms. The lowest BCUT2D eigenvalue weighted by atomic mass is 9.80. The summed E-state index contributed by atoms with van der Waals surface area (Å²) in [5.41, 5.74) is 0.523. The molecular weight excluding hydrogens is 365 g/mol. The molecule has 0 N–H and O–H groups in total. The van der Waals surface area contributed by atoms with Gasteiger partial charge in [-0.1, -0.05) is 67.2 Å². The third-order valence-electron chi connectivity index (χ3n) is 5.72. The van der Waals surface area contributed by atoms with E-state index in [0.717, 1.165) is 37.2 Å². The molecule has 0 saturated carbocycles. The first-order chi connectivity index (χ1) is 14.0. The lowest BCUT2D eigenvalue weighted by molar-refractivity contribution is -0.510. The molecule has 29 heavy (non-hydrogen) atoms. The summed E-state index contributed by atoms with van der Waals surface area (Å²) in [6.07, 6.45) is 3.54. The van der Waals surface area contributed by atoms with Crippen molar-refractivity contribution in [3.8, 4) is 0 Å². The second-order valence-electron chi connectivity index (χ2n) is 7.57. The van der Waals surface area contributed by atoms with E-state index in [1.165, 1.54) is 6.08 Å². The van der Waals surface area contributed by atoms with Crippen LogP contribution in [0.15, 0.2) is 73.3 Å². The Morgan fingerprint density at radius 1 is 1.14 bits per heavy atom. The van der Waals surface area contributed by atoms with Gasteiger partial charge >= 0.3 is 5.97 Å². The number of esters is 1. The van der Waals surface area contributed by atoms with Gasteiger partial charge in [0.25, 0.3) is 0 Å². The van der Waals surface area contributed by atoms with Crippen molar-refractivity contribution in [2.45, 2.75) is 38.5 Å². The highest BCUT2D eigenvalue weighted by atomic mass is 19.1. The molecule has 0 aromatic heterocycles. The Hall–Kier alpha value is -2.75. The fraction of sp³-hybridized carbons (Fsp3) is 0.360. The van der Waals surface area contributed by atoms with Gasteiger partial charge in [0.2, 0.25) is 0 Å². The lowest BCUT2D eigenvalue weighted by Gasteiger charge is -2.28. The molecule has 3 rings (SSSR count). The van der Waals surface area contributed by atoms with Crippen LogP contribution in [0.4, 0.5) is 4.39 Å². The maximum absolute atomic E-state index is 16.1. The first-order valence-electron chi connectivity index (χ1n) is 10.2. The summed E-state index contributed by atoms with van der Waals surface area (Å²) in [5, 5.41) is 0. The number of benzene rings is 2. The van der Waals surface area contributed by atoms with E-state index in [0.29, 0.717) is 5.56 Å². The predicted molar refractivity (Wildman–Crippen MR) is 114 cm³/mol. The Morgan fingerprint density at radius 2 is 1.72 bits per heavy atom. The monoisotopic (exact) mass is 394 g/mol. The molecule has 1 aliphatic rings. The number of allylic oxidation sites excluding steroid dienone is 1. The van der Waals surface area contributed by atoms with Crippen LogP contribution in [0, 0.1) is 5.92 Å². The van der Waals surface area contributed by atoms with Crippen molar-refractivity contribution >= 4 is 11.7 Å². The van der Waals surface area contributed by atoms with E-state index < -0.39 is 11.6 Å². The lowest BCUT2D eigenvalue weighted by Crippen LogP contribution is -2.38. The standard InChI is InChI=1S/C25H29FNO2/c1-3-25(26,22-14-8-5-9-15-22)20(2)23(27-16-10-11-17-27)18-24(28)29-19-21-12-6-4-7-13-21/h3-9,12-15,20H,1,10-11,16-19H2,2H3/q+1/t20-,25+/m0/s1. The average Bonchev–Trinajstić information content (AvgIpc) is 3.31. The van der Waals surface area contributed by atoms with Crippen LogP contribution in [-0.4, -0.2) is 29.3 Å². The molecule has 0 aliphatic carbocycles. The van der Waals surface area contributed by atoms with Crippen LogP contribution < -0.4 is 0 Å². The number of alkyl halides is 1. The fourth-order valence-electron chi connectivity index (χ4n) is 3.96. The molecule has 1 saturated heterocycles. The van der Waals surface area contributed by atoms with Crippen LogP contribution in [0.5, 0.6) is 0 Å². The molecule has 2 atom stereocenters. The molecule has 152 valence electrons. The van der Waals surface area contributed by atoms with Crippen molar-refractivity contribution in [1.29, 1.82) is 0 Å². The summed E-state index contributed by atoms with van der Waals surface area (Å²) in [6, 6.07) is 18.6. The highest BCUT2D eigenvalue weighted by Gasteiger charge is 2.43. The van der Waals surface area contributed by atoms with E-state index in [2.05, 4.69) is 11.2 Å². The van der Waals surface area contributed by atoms with Crippen molar-refractivity contribution in [3.05, 3.63) is 84.4 Å². The number of nitrogens with zero attached hydrogens (tertiary/aromatic N) is 1. The maximum atomic E-state index is 16.1. The second-order valence-corrected chi connectivity index (χ2v) is 7.57. The van der Waals surface area contributed by atoms with Gasteiger partial charge in [-0.2, -0.15) is 0 Å². The number of rotatable bonds is 8. The molecule has 3 nitrogen and oxygen atoms in total. The molecule has 0 bridgehead atoms. The second kappa shape index (κ2) is 9.64. The van der Waals surface area contributed by atoms with Crippen molar-refractivity contribution < 1.29 is 18.5 Å². The zero-order valence-electron chi connectivity index (χ0n) is 17.0. The highest BCUT2D eigenvalue weighted by Crippen LogP contribution is 2.37. The molecule has 0 unspecified atom stereocenters. The van der Waals surface area contributed by atoms with Crippen molar-refractivity contribution in [2.24, 2.45) is 5.92 Å². The molecule has 1 fully saturated rings. The average molecular weight is 395 g/mol. The third kappa shape index (κ3) is 5.00. The van der Waals surface area contributed by atoms with Gasteiger partial charge in [-0.15, -0.1) is 0 Å². The summed E-state index contributed by atoms with van der Waals surface area (Å²) in [7, 11) is 0. The van der Waals surface area contributed by atoms with Crippen molar-refractivity contribution in [2.75, 3.05) is 13.1 Å². The van der Waals surface area contributed by atoms with E-state index in [1.807, 2.05) is 55.5 Å². The zero-order chi connectivity index (χ0) is 20.7. The molecule has 2 aromatic rings. The number of carbonyl (C=O) groups excluding carboxylic acids is 1. The summed E-state index contributed by atoms with van der Waals surface area (Å²) < 4.78 is 23.8. The van der Waals surface area contributed by atoms with Crippen LogP contribution >= 0.6 is 0 Å². The first kappa shape index (κ1) is 21.0. The highest BCUT2D eigenvalue weighted by molar-refractivity contribution is 5.98. The van der Waals surface area contributed by atoms with Gasteiger partial charge < -0.3 is 4.74 Å². The van der Waals surface area contributed by atoms with Crippen LogP contribution in [0.2, 0.25) is 0 Å². The Kier molecular flexibility index (Phi) is 6.97. The van der Waals surface area contributed by atoms with Crippen LogP contribution in [-0.2, 0) is 21.8 Å². The van der Waals surface area contributed by atoms with Crippen molar-refractivity contribution in [3.63, 3.8) is 0 Å². The fourth-order valence-corrected chi connectivity index (χ4v) is 3.96. The third-order valence-corrected chi connectivity index (χ3v) is 5.72. The van der Waals surface area contributed by atoms with Gasteiger partial charge in [-0.25, -0.2) is 8.97 Å². The Labute approximate surface area is 172 Å². The van der Waals surface area contributed by atoms with Gasteiger partial charge in [0, 0.05) is 12.8 Å². The first-order valence-corrected chi connectivity index (χ1v) is 10.2. The van der Waals surface area contributed by atoms with Crippen LogP contribution in [0.1, 0.15) is 37.3 Å². The van der Waals surface area contributed by atoms with Gasteiger partial charge in [0.15, 0.2) is 11.4 Å². The molecule has 4 heteroatoms. The summed E-state index contributed by atoms with van der Waals surface area (Å²) in [5.74, 6) is -0.855. The Morgan fingerprint density at radius 3 is 2.31 bits per heavy atom. The largest absolute Gasteiger partial charge is 0.460 e. The predicted octanol–water partition coefficient (Wildman–Crippen LogP) is 5.05. The van der Waals surface area contributed by atoms with E-state index in [4.69, 9.17) is 4.74 Å². The quantitative estimate of drug-likeness (QED) is 0.356. The summed E-state index contributed by atoms with van der Waals surface area (Å²) in [6.45, 7) is 7.52. The zero-order valence-corrected chi connectivity index (χ0v) is 17.0. The van der Waals surface area contributed by atoms with E-state index in [9.17, 15) is 4.79 Å². The molecule has 0 radical (unpaired) electrons. The minimum absolute atomic E-state index is 0.0837. The molecular formula is C25H29FNO2+. The van der Waals surface area contributed by atoms with Crippen LogP contribution in [0.25, 0.3) is 0 Å². The minimum Gasteiger partial charge on any atom is -0.460 e. The Balaban J connectivity index is 1.81. The smallest absolute Gasteiger partial charge is 0.316 e. The van der Waals surface area contributed by atoms with Crippen molar-refractivity contribution in [1.82, 2.24) is 0 Å². The topological polar surface area (TPSA) is 29.3 Å². The van der Waals surface area contributed by atoms with Gasteiger partial charge in [-0.05, 0) is 24.1 Å². The summed E-state index contributed by atoms with van der Waals surface area (Å²) in [4.78, 5) is 12.6. The van der Waals surface area contributed by atoms with Gasteiger partial charge in [0.1, 0.15) is 26.1 Å². The Bertz CT molecular complexity index is 855. The van der Waals surface area contributed by atoms with Gasteiger partial charge in [0.05, 0.1) is 5.92 Å². The van der Waals surface area contributed by atoms with Crippen LogP contribution in [0.3, 0.4) is 0 Å². The minimum atomic E-state index is -1.75. The number of hydrogen-bond acceptors (Lipinski definition) is 2. The molecule has 1 heterocycles. The van der Waals surface area contributed by atoms with E-state index in [1.54, 1.807) is 12.1 Å². The maximum Gasteiger partial charge on any atom is 0.316 e. The normalized spacial score (nSPS) is 16.7. The number of carbonyl (C=O) groups is 1.